The van der Waals surface area contributed by atoms with Crippen molar-refractivity contribution in [2.24, 2.45) is 10.7 Å². The number of nitrogens with two attached hydrogens (primary N) is 1. The largest absolute Gasteiger partial charge is 0.611 e. The van der Waals surface area contributed by atoms with E-state index < -0.39 is 11.2 Å². The second-order valence-corrected chi connectivity index (χ2v) is 10.6. The van der Waals surface area contributed by atoms with E-state index in [0.717, 1.165) is 50.3 Å². The number of thioether (sulfide) groups is 1. The van der Waals surface area contributed by atoms with Crippen LogP contribution < -0.4 is 5.73 Å². The highest BCUT2D eigenvalue weighted by Gasteiger charge is 2.29. The van der Waals surface area contributed by atoms with Crippen LogP contribution in [0.3, 0.4) is 0 Å². The van der Waals surface area contributed by atoms with Gasteiger partial charge in [0.2, 0.25) is 4.24 Å². The van der Waals surface area contributed by atoms with Crippen LogP contribution in [0, 0.1) is 0 Å². The van der Waals surface area contributed by atoms with E-state index in [1.807, 2.05) is 41.8 Å². The molecule has 1 aliphatic rings. The first-order chi connectivity index (χ1) is 14.5. The molecule has 1 aromatic heterocycles. The number of hydrogen-bond acceptors (Lipinski definition) is 5. The number of aliphatic imine (C=N–C) groups is 1. The van der Waals surface area contributed by atoms with Crippen LogP contribution >= 0.6 is 23.1 Å². The summed E-state index contributed by atoms with van der Waals surface area (Å²) in [6.07, 6.45) is 13.4. The number of allylic oxidation sites excluding steroid dienone is 8. The van der Waals surface area contributed by atoms with Gasteiger partial charge in [0, 0.05) is 6.42 Å². The molecule has 1 atom stereocenters. The summed E-state index contributed by atoms with van der Waals surface area (Å²) in [4.78, 5) is 5.92. The van der Waals surface area contributed by atoms with Gasteiger partial charge in [-0.1, -0.05) is 63.8 Å². The molecule has 0 aromatic carbocycles. The highest BCUT2D eigenvalue weighted by molar-refractivity contribution is 8.27. The van der Waals surface area contributed by atoms with Gasteiger partial charge in [-0.3, -0.25) is 0 Å². The maximum atomic E-state index is 12.5. The summed E-state index contributed by atoms with van der Waals surface area (Å²) in [5.74, 6) is 0.649. The SMILES string of the molecule is C=C(/C=C\C=C/CC)C(=C)/C=C(\N=C1/CC(N)=C([S+]([O-])CCCC)S1)c1cccs1. The Morgan fingerprint density at radius 2 is 2.10 bits per heavy atom. The van der Waals surface area contributed by atoms with Crippen molar-refractivity contribution >= 4 is 45.0 Å². The molecule has 0 amide bonds. The normalized spacial score (nSPS) is 17.6. The third-order valence-corrected chi connectivity index (χ3v) is 8.18. The zero-order valence-electron chi connectivity index (χ0n) is 17.7. The van der Waals surface area contributed by atoms with Crippen molar-refractivity contribution in [2.45, 2.75) is 39.5 Å². The summed E-state index contributed by atoms with van der Waals surface area (Å²) < 4.78 is 13.3. The first-order valence-corrected chi connectivity index (χ1v) is 13.1. The summed E-state index contributed by atoms with van der Waals surface area (Å²) in [6.45, 7) is 12.5. The molecule has 2 heterocycles. The van der Waals surface area contributed by atoms with Crippen LogP contribution in [0.2, 0.25) is 0 Å². The molecule has 2 N–H and O–H groups in total. The second kappa shape index (κ2) is 12.8. The summed E-state index contributed by atoms with van der Waals surface area (Å²) in [7, 11) is 0. The van der Waals surface area contributed by atoms with Gasteiger partial charge in [-0.05, 0) is 64.4 Å². The number of thiophene rings is 1. The monoisotopic (exact) mass is 458 g/mol. The maximum Gasteiger partial charge on any atom is 0.211 e. The van der Waals surface area contributed by atoms with Crippen molar-refractivity contribution in [3.63, 3.8) is 0 Å². The second-order valence-electron chi connectivity index (χ2n) is 6.75. The Kier molecular flexibility index (Phi) is 10.5. The zero-order valence-corrected chi connectivity index (χ0v) is 20.2. The number of rotatable bonds is 11. The van der Waals surface area contributed by atoms with Gasteiger partial charge in [0.15, 0.2) is 0 Å². The van der Waals surface area contributed by atoms with E-state index in [1.165, 1.54) is 11.8 Å². The molecule has 0 saturated carbocycles. The van der Waals surface area contributed by atoms with Crippen LogP contribution in [-0.4, -0.2) is 15.3 Å². The molecule has 0 radical (unpaired) electrons. The number of hydrogen-bond donors (Lipinski definition) is 1. The summed E-state index contributed by atoms with van der Waals surface area (Å²) in [6, 6.07) is 4.04. The lowest BCUT2D eigenvalue weighted by Gasteiger charge is -2.10. The van der Waals surface area contributed by atoms with E-state index in [-0.39, 0.29) is 0 Å². The number of unbranched alkanes of at least 4 members (excludes halogenated alkanes) is 1. The molecule has 160 valence electrons. The quantitative estimate of drug-likeness (QED) is 0.289. The van der Waals surface area contributed by atoms with Crippen molar-refractivity contribution in [3.8, 4) is 0 Å². The van der Waals surface area contributed by atoms with E-state index in [2.05, 4.69) is 33.1 Å². The molecule has 0 fully saturated rings. The zero-order chi connectivity index (χ0) is 21.9. The molecule has 6 heteroatoms. The standard InChI is InChI=1S/C24H30N2OS3/c1-5-7-9-10-12-18(3)19(4)16-21(22-13-11-14-28-22)26-23-17-20(25)24(29-23)30(27)15-8-6-2/h7,9-14,16H,3-6,8,15,17,25H2,1-2H3/b9-7-,12-10-,21-16-,26-23+. The molecular weight excluding hydrogens is 428 g/mol. The van der Waals surface area contributed by atoms with E-state index in [9.17, 15) is 4.55 Å². The molecule has 30 heavy (non-hydrogen) atoms. The van der Waals surface area contributed by atoms with Gasteiger partial charge in [-0.25, -0.2) is 4.99 Å². The minimum Gasteiger partial charge on any atom is -0.611 e. The molecule has 0 spiro atoms. The van der Waals surface area contributed by atoms with Gasteiger partial charge in [-0.2, -0.15) is 0 Å². The van der Waals surface area contributed by atoms with Gasteiger partial charge in [0.05, 0.1) is 21.3 Å². The summed E-state index contributed by atoms with van der Waals surface area (Å²) >= 11 is 2.02. The Morgan fingerprint density at radius 1 is 1.30 bits per heavy atom. The van der Waals surface area contributed by atoms with E-state index in [4.69, 9.17) is 10.7 Å². The van der Waals surface area contributed by atoms with Crippen molar-refractivity contribution in [2.75, 3.05) is 5.75 Å². The lowest BCUT2D eigenvalue weighted by atomic mass is 10.1. The maximum absolute atomic E-state index is 12.5. The molecule has 1 aliphatic heterocycles. The molecule has 3 nitrogen and oxygen atoms in total. The Balaban J connectivity index is 2.20. The Hall–Kier alpha value is -1.73. The minimum absolute atomic E-state index is 0.537. The topological polar surface area (TPSA) is 61.4 Å². The van der Waals surface area contributed by atoms with Crippen molar-refractivity contribution in [3.05, 3.63) is 87.0 Å². The molecule has 1 aromatic rings. The van der Waals surface area contributed by atoms with Gasteiger partial charge in [0.25, 0.3) is 0 Å². The van der Waals surface area contributed by atoms with E-state index in [1.54, 1.807) is 11.3 Å². The van der Waals surface area contributed by atoms with Gasteiger partial charge in [0.1, 0.15) is 5.75 Å². The molecule has 1 unspecified atom stereocenters. The Morgan fingerprint density at radius 3 is 2.77 bits per heavy atom. The van der Waals surface area contributed by atoms with Crippen LogP contribution in [0.5, 0.6) is 0 Å². The fourth-order valence-electron chi connectivity index (χ4n) is 2.54. The Labute approximate surface area is 192 Å². The van der Waals surface area contributed by atoms with Crippen molar-refractivity contribution in [1.82, 2.24) is 0 Å². The minimum atomic E-state index is -1.05. The van der Waals surface area contributed by atoms with Crippen LogP contribution in [0.25, 0.3) is 5.70 Å². The first-order valence-electron chi connectivity index (χ1n) is 10.1. The van der Waals surface area contributed by atoms with Crippen LogP contribution in [-0.2, 0) is 11.2 Å². The lowest BCUT2D eigenvalue weighted by Crippen LogP contribution is -2.10. The fourth-order valence-corrected chi connectivity index (χ4v) is 6.02. The van der Waals surface area contributed by atoms with Crippen LogP contribution in [0.4, 0.5) is 0 Å². The average Bonchev–Trinajstić information content (AvgIpc) is 3.38. The molecular formula is C24H30N2OS3. The number of nitrogens with zero attached hydrogens (tertiary/aromatic N) is 1. The molecule has 0 aliphatic carbocycles. The molecule has 0 saturated heterocycles. The van der Waals surface area contributed by atoms with Crippen molar-refractivity contribution < 1.29 is 4.55 Å². The molecule has 0 bridgehead atoms. The Bertz CT molecular complexity index is 890. The van der Waals surface area contributed by atoms with Gasteiger partial charge < -0.3 is 10.3 Å². The highest BCUT2D eigenvalue weighted by Crippen LogP contribution is 2.38. The van der Waals surface area contributed by atoms with E-state index >= 15 is 0 Å². The van der Waals surface area contributed by atoms with Gasteiger partial charge in [-0.15, -0.1) is 11.3 Å². The highest BCUT2D eigenvalue weighted by atomic mass is 32.3. The third-order valence-electron chi connectivity index (χ3n) is 4.23. The third kappa shape index (κ3) is 7.51. The average molecular weight is 459 g/mol. The first kappa shape index (κ1) is 24.5. The lowest BCUT2D eigenvalue weighted by molar-refractivity contribution is 0.599. The van der Waals surface area contributed by atoms with Crippen molar-refractivity contribution in [1.29, 1.82) is 0 Å². The summed E-state index contributed by atoms with van der Waals surface area (Å²) in [5, 5.41) is 2.89. The summed E-state index contributed by atoms with van der Waals surface area (Å²) in [5.41, 5.74) is 9.32. The predicted molar refractivity (Wildman–Crippen MR) is 138 cm³/mol. The predicted octanol–water partition coefficient (Wildman–Crippen LogP) is 6.94. The smallest absolute Gasteiger partial charge is 0.211 e. The van der Waals surface area contributed by atoms with Crippen LogP contribution in [0.1, 0.15) is 44.4 Å². The van der Waals surface area contributed by atoms with E-state index in [0.29, 0.717) is 17.9 Å². The molecule has 2 rings (SSSR count). The van der Waals surface area contributed by atoms with Crippen LogP contribution in [0.15, 0.2) is 87.1 Å². The fraction of sp³-hybridized carbons (Fsp3) is 0.292. The van der Waals surface area contributed by atoms with Gasteiger partial charge >= 0.3 is 0 Å².